The van der Waals surface area contributed by atoms with Gasteiger partial charge in [0.05, 0.1) is 16.8 Å². The topological polar surface area (TPSA) is 101 Å². The first-order valence-electron chi connectivity index (χ1n) is 6.52. The van der Waals surface area contributed by atoms with E-state index in [1.807, 2.05) is 0 Å². The van der Waals surface area contributed by atoms with Crippen molar-refractivity contribution in [2.75, 3.05) is 5.32 Å². The first-order valence-corrected chi connectivity index (χ1v) is 7.46. The Kier molecular flexibility index (Phi) is 4.90. The Morgan fingerprint density at radius 3 is 2.50 bits per heavy atom. The molecule has 3 amide bonds. The second-order valence-corrected chi connectivity index (χ2v) is 5.39. The van der Waals surface area contributed by atoms with Crippen LogP contribution in [0.4, 0.5) is 5.69 Å². The van der Waals surface area contributed by atoms with Gasteiger partial charge >= 0.3 is 0 Å². The summed E-state index contributed by atoms with van der Waals surface area (Å²) < 4.78 is 0. The monoisotopic (exact) mass is 317 g/mol. The first-order chi connectivity index (χ1) is 10.5. The van der Waals surface area contributed by atoms with Gasteiger partial charge in [0.25, 0.3) is 11.8 Å². The van der Waals surface area contributed by atoms with E-state index in [9.17, 15) is 14.4 Å². The van der Waals surface area contributed by atoms with Crippen LogP contribution in [-0.4, -0.2) is 23.8 Å². The van der Waals surface area contributed by atoms with E-state index in [-0.39, 0.29) is 11.5 Å². The number of nitrogens with one attached hydrogen (secondary N) is 2. The van der Waals surface area contributed by atoms with Crippen molar-refractivity contribution < 1.29 is 14.4 Å². The summed E-state index contributed by atoms with van der Waals surface area (Å²) in [6.45, 7) is 1.49. The van der Waals surface area contributed by atoms with Crippen LogP contribution in [-0.2, 0) is 4.79 Å². The first kappa shape index (κ1) is 15.7. The van der Waals surface area contributed by atoms with Crippen molar-refractivity contribution in [1.82, 2.24) is 5.32 Å². The third-order valence-corrected chi connectivity index (χ3v) is 3.66. The minimum atomic E-state index is -0.798. The molecule has 6 nitrogen and oxygen atoms in total. The van der Waals surface area contributed by atoms with E-state index in [0.29, 0.717) is 11.3 Å². The van der Waals surface area contributed by atoms with Crippen LogP contribution in [0.15, 0.2) is 41.1 Å². The summed E-state index contributed by atoms with van der Waals surface area (Å²) in [6, 6.07) is 7.45. The molecule has 0 aliphatic heterocycles. The highest BCUT2D eigenvalue weighted by Crippen LogP contribution is 2.17. The van der Waals surface area contributed by atoms with E-state index >= 15 is 0 Å². The number of benzene rings is 1. The Balaban J connectivity index is 2.18. The smallest absolute Gasteiger partial charge is 0.256 e. The van der Waals surface area contributed by atoms with E-state index in [2.05, 4.69) is 10.6 Å². The van der Waals surface area contributed by atoms with Crippen molar-refractivity contribution >= 4 is 34.7 Å². The van der Waals surface area contributed by atoms with E-state index in [0.717, 1.165) is 0 Å². The minimum Gasteiger partial charge on any atom is -0.368 e. The number of hydrogen-bond donors (Lipinski definition) is 3. The molecule has 0 bridgehead atoms. The lowest BCUT2D eigenvalue weighted by Gasteiger charge is -2.13. The highest BCUT2D eigenvalue weighted by Gasteiger charge is 2.17. The number of hydrogen-bond acceptors (Lipinski definition) is 4. The predicted molar refractivity (Wildman–Crippen MR) is 84.8 cm³/mol. The maximum Gasteiger partial charge on any atom is 0.256 e. The molecule has 0 fully saturated rings. The molecule has 2 rings (SSSR count). The summed E-state index contributed by atoms with van der Waals surface area (Å²) in [5.41, 5.74) is 6.27. The highest BCUT2D eigenvalue weighted by molar-refractivity contribution is 7.08. The van der Waals surface area contributed by atoms with Gasteiger partial charge in [-0.25, -0.2) is 0 Å². The molecule has 114 valence electrons. The molecule has 1 heterocycles. The number of carbonyl (C=O) groups is 3. The van der Waals surface area contributed by atoms with Gasteiger partial charge < -0.3 is 16.4 Å². The fourth-order valence-electron chi connectivity index (χ4n) is 1.72. The number of para-hydroxylation sites is 1. The van der Waals surface area contributed by atoms with E-state index in [1.165, 1.54) is 18.3 Å². The van der Waals surface area contributed by atoms with Crippen LogP contribution in [0.1, 0.15) is 27.6 Å². The minimum absolute atomic E-state index is 0.263. The van der Waals surface area contributed by atoms with Crippen LogP contribution < -0.4 is 16.4 Å². The summed E-state index contributed by atoms with van der Waals surface area (Å²) in [5.74, 6) is -1.41. The SMILES string of the molecule is CC(NC(=O)c1ccccc1NC(=O)c1ccsc1)C(N)=O. The summed E-state index contributed by atoms with van der Waals surface area (Å²) >= 11 is 1.41. The maximum absolute atomic E-state index is 12.2. The molecule has 0 spiro atoms. The van der Waals surface area contributed by atoms with Gasteiger partial charge in [0.1, 0.15) is 6.04 Å². The number of thiophene rings is 1. The van der Waals surface area contributed by atoms with Crippen LogP contribution in [0.2, 0.25) is 0 Å². The van der Waals surface area contributed by atoms with Crippen molar-refractivity contribution in [2.45, 2.75) is 13.0 Å². The van der Waals surface area contributed by atoms with Crippen LogP contribution in [0, 0.1) is 0 Å². The van der Waals surface area contributed by atoms with Crippen LogP contribution in [0.25, 0.3) is 0 Å². The molecule has 2 aromatic rings. The molecule has 0 aliphatic carbocycles. The molecule has 22 heavy (non-hydrogen) atoms. The second-order valence-electron chi connectivity index (χ2n) is 4.61. The molecule has 4 N–H and O–H groups in total. The average molecular weight is 317 g/mol. The van der Waals surface area contributed by atoms with Crippen molar-refractivity contribution in [3.63, 3.8) is 0 Å². The zero-order valence-corrected chi connectivity index (χ0v) is 12.6. The maximum atomic E-state index is 12.2. The van der Waals surface area contributed by atoms with Crippen LogP contribution in [0.3, 0.4) is 0 Å². The molecule has 1 aromatic carbocycles. The van der Waals surface area contributed by atoms with Crippen LogP contribution in [0.5, 0.6) is 0 Å². The number of rotatable bonds is 5. The standard InChI is InChI=1S/C15H15N3O3S/c1-9(13(16)19)17-15(21)11-4-2-3-5-12(11)18-14(20)10-6-7-22-8-10/h2-9H,1H3,(H2,16,19)(H,17,21)(H,18,20). The van der Waals surface area contributed by atoms with Crippen LogP contribution >= 0.6 is 11.3 Å². The number of carbonyl (C=O) groups excluding carboxylic acids is 3. The van der Waals surface area contributed by atoms with Gasteiger partial charge in [-0.1, -0.05) is 12.1 Å². The summed E-state index contributed by atoms with van der Waals surface area (Å²) in [5, 5.41) is 8.68. The van der Waals surface area contributed by atoms with Gasteiger partial charge in [0, 0.05) is 5.38 Å². The predicted octanol–water partition coefficient (Wildman–Crippen LogP) is 1.60. The Morgan fingerprint density at radius 2 is 1.86 bits per heavy atom. The summed E-state index contributed by atoms with van der Waals surface area (Å²) in [4.78, 5) is 35.3. The Labute approximate surface area is 131 Å². The Hall–Kier alpha value is -2.67. The molecule has 7 heteroatoms. The fourth-order valence-corrected chi connectivity index (χ4v) is 2.36. The molecular weight excluding hydrogens is 302 g/mol. The number of primary amides is 1. The zero-order valence-electron chi connectivity index (χ0n) is 11.8. The third-order valence-electron chi connectivity index (χ3n) is 2.98. The van der Waals surface area contributed by atoms with Gasteiger partial charge in [-0.3, -0.25) is 14.4 Å². The van der Waals surface area contributed by atoms with Gasteiger partial charge in [-0.05, 0) is 30.5 Å². The van der Waals surface area contributed by atoms with Crippen molar-refractivity contribution in [1.29, 1.82) is 0 Å². The van der Waals surface area contributed by atoms with E-state index in [1.54, 1.807) is 41.1 Å². The fraction of sp³-hybridized carbons (Fsp3) is 0.133. The Bertz CT molecular complexity index is 698. The lowest BCUT2D eigenvalue weighted by Crippen LogP contribution is -2.42. The number of nitrogens with two attached hydrogens (primary N) is 1. The van der Waals surface area contributed by atoms with Gasteiger partial charge in [-0.15, -0.1) is 0 Å². The molecule has 1 aromatic heterocycles. The quantitative estimate of drug-likeness (QED) is 0.780. The van der Waals surface area contributed by atoms with E-state index in [4.69, 9.17) is 5.73 Å². The molecule has 0 aliphatic rings. The third kappa shape index (κ3) is 3.70. The zero-order chi connectivity index (χ0) is 16.1. The largest absolute Gasteiger partial charge is 0.368 e. The second kappa shape index (κ2) is 6.86. The van der Waals surface area contributed by atoms with Gasteiger partial charge in [0.15, 0.2) is 0 Å². The normalized spacial score (nSPS) is 11.5. The molecule has 1 atom stereocenters. The molecule has 1 unspecified atom stereocenters. The van der Waals surface area contributed by atoms with Gasteiger partial charge in [0.2, 0.25) is 5.91 Å². The molecular formula is C15H15N3O3S. The number of amides is 3. The molecule has 0 saturated carbocycles. The van der Waals surface area contributed by atoms with Gasteiger partial charge in [-0.2, -0.15) is 11.3 Å². The number of anilines is 1. The van der Waals surface area contributed by atoms with E-state index < -0.39 is 17.9 Å². The molecule has 0 radical (unpaired) electrons. The highest BCUT2D eigenvalue weighted by atomic mass is 32.1. The lowest BCUT2D eigenvalue weighted by molar-refractivity contribution is -0.119. The molecule has 0 saturated heterocycles. The lowest BCUT2D eigenvalue weighted by atomic mass is 10.1. The summed E-state index contributed by atoms with van der Waals surface area (Å²) in [7, 11) is 0. The summed E-state index contributed by atoms with van der Waals surface area (Å²) in [6.07, 6.45) is 0. The van der Waals surface area contributed by atoms with Crippen molar-refractivity contribution in [3.05, 3.63) is 52.2 Å². The Morgan fingerprint density at radius 1 is 1.14 bits per heavy atom. The van der Waals surface area contributed by atoms with Crippen molar-refractivity contribution in [2.24, 2.45) is 5.73 Å². The van der Waals surface area contributed by atoms with Crippen molar-refractivity contribution in [3.8, 4) is 0 Å². The average Bonchev–Trinajstić information content (AvgIpc) is 3.01.